The first-order valence-corrected chi connectivity index (χ1v) is 6.62. The Morgan fingerprint density at radius 2 is 1.80 bits per heavy atom. The number of benzene rings is 1. The summed E-state index contributed by atoms with van der Waals surface area (Å²) in [5.74, 6) is 0.506. The molecule has 1 aromatic heterocycles. The fraction of sp³-hybridized carbons (Fsp3) is 0.286. The Hall–Kier alpha value is -2.01. The second-order valence-electron chi connectivity index (χ2n) is 5.40. The van der Waals surface area contributed by atoms with Crippen molar-refractivity contribution in [2.75, 3.05) is 10.6 Å². The molecular formula is C14H17ClN4O. The van der Waals surface area contributed by atoms with Crippen molar-refractivity contribution in [3.63, 3.8) is 0 Å². The molecule has 0 fully saturated rings. The molecule has 0 spiro atoms. The van der Waals surface area contributed by atoms with Gasteiger partial charge in [0.2, 0.25) is 0 Å². The average molecular weight is 293 g/mol. The lowest BCUT2D eigenvalue weighted by atomic mass is 10.1. The van der Waals surface area contributed by atoms with Crippen LogP contribution in [-0.2, 0) is 5.54 Å². The van der Waals surface area contributed by atoms with Crippen LogP contribution in [0, 0.1) is 0 Å². The van der Waals surface area contributed by atoms with Gasteiger partial charge in [0.05, 0.1) is 5.54 Å². The number of urea groups is 1. The van der Waals surface area contributed by atoms with Gasteiger partial charge in [0, 0.05) is 23.0 Å². The van der Waals surface area contributed by atoms with Crippen molar-refractivity contribution in [3.8, 4) is 0 Å². The number of hydrogen-bond acceptors (Lipinski definition) is 2. The van der Waals surface area contributed by atoms with Crippen LogP contribution >= 0.6 is 11.6 Å². The zero-order chi connectivity index (χ0) is 14.8. The zero-order valence-corrected chi connectivity index (χ0v) is 12.4. The number of rotatable bonds is 2. The molecule has 0 atom stereocenters. The van der Waals surface area contributed by atoms with Crippen molar-refractivity contribution < 1.29 is 4.79 Å². The van der Waals surface area contributed by atoms with Gasteiger partial charge in [-0.2, -0.15) is 5.10 Å². The van der Waals surface area contributed by atoms with E-state index in [2.05, 4.69) is 15.7 Å². The van der Waals surface area contributed by atoms with Crippen molar-refractivity contribution in [1.29, 1.82) is 0 Å². The molecule has 1 aromatic carbocycles. The highest BCUT2D eigenvalue weighted by Gasteiger charge is 2.14. The molecule has 2 N–H and O–H groups in total. The SMILES string of the molecule is CC(C)(C)n1ccc(NC(=O)Nc2ccc(Cl)cc2)n1. The molecule has 1 heterocycles. The molecular weight excluding hydrogens is 276 g/mol. The number of anilines is 2. The average Bonchev–Trinajstić information content (AvgIpc) is 2.80. The molecule has 0 radical (unpaired) electrons. The summed E-state index contributed by atoms with van der Waals surface area (Å²) in [5.41, 5.74) is 0.550. The van der Waals surface area contributed by atoms with Crippen LogP contribution in [0.3, 0.4) is 0 Å². The largest absolute Gasteiger partial charge is 0.324 e. The van der Waals surface area contributed by atoms with Gasteiger partial charge in [-0.05, 0) is 45.0 Å². The van der Waals surface area contributed by atoms with Crippen LogP contribution in [0.2, 0.25) is 5.02 Å². The Morgan fingerprint density at radius 1 is 1.15 bits per heavy atom. The summed E-state index contributed by atoms with van der Waals surface area (Å²) in [6.45, 7) is 6.12. The van der Waals surface area contributed by atoms with Crippen LogP contribution in [0.1, 0.15) is 20.8 Å². The molecule has 20 heavy (non-hydrogen) atoms. The number of hydrogen-bond donors (Lipinski definition) is 2. The maximum Gasteiger partial charge on any atom is 0.324 e. The summed E-state index contributed by atoms with van der Waals surface area (Å²) in [5, 5.41) is 10.3. The first kappa shape index (κ1) is 14.4. The maximum absolute atomic E-state index is 11.8. The number of carbonyl (C=O) groups is 1. The topological polar surface area (TPSA) is 59.0 Å². The van der Waals surface area contributed by atoms with Crippen molar-refractivity contribution in [2.24, 2.45) is 0 Å². The van der Waals surface area contributed by atoms with E-state index in [0.717, 1.165) is 0 Å². The minimum absolute atomic E-state index is 0.118. The van der Waals surface area contributed by atoms with E-state index in [4.69, 9.17) is 11.6 Å². The van der Waals surface area contributed by atoms with Crippen LogP contribution < -0.4 is 10.6 Å². The molecule has 6 heteroatoms. The van der Waals surface area contributed by atoms with Gasteiger partial charge in [-0.15, -0.1) is 0 Å². The lowest BCUT2D eigenvalue weighted by Gasteiger charge is -2.18. The molecule has 0 unspecified atom stereocenters. The van der Waals surface area contributed by atoms with Gasteiger partial charge in [0.1, 0.15) is 0 Å². The number of aromatic nitrogens is 2. The van der Waals surface area contributed by atoms with Gasteiger partial charge < -0.3 is 5.32 Å². The lowest BCUT2D eigenvalue weighted by molar-refractivity contribution is 0.262. The number of nitrogens with one attached hydrogen (secondary N) is 2. The van der Waals surface area contributed by atoms with E-state index >= 15 is 0 Å². The van der Waals surface area contributed by atoms with E-state index in [9.17, 15) is 4.79 Å². The van der Waals surface area contributed by atoms with E-state index in [1.807, 2.05) is 27.0 Å². The molecule has 0 bridgehead atoms. The van der Waals surface area contributed by atoms with Crippen LogP contribution in [0.25, 0.3) is 0 Å². The zero-order valence-electron chi connectivity index (χ0n) is 11.6. The molecule has 5 nitrogen and oxygen atoms in total. The van der Waals surface area contributed by atoms with Gasteiger partial charge in [-0.25, -0.2) is 4.79 Å². The molecule has 2 rings (SSSR count). The first-order chi connectivity index (χ1) is 9.34. The van der Waals surface area contributed by atoms with Crippen molar-refractivity contribution in [3.05, 3.63) is 41.6 Å². The Balaban J connectivity index is 1.98. The highest BCUT2D eigenvalue weighted by molar-refractivity contribution is 6.30. The van der Waals surface area contributed by atoms with E-state index in [-0.39, 0.29) is 11.6 Å². The highest BCUT2D eigenvalue weighted by Crippen LogP contribution is 2.16. The second-order valence-corrected chi connectivity index (χ2v) is 5.84. The molecule has 0 aliphatic carbocycles. The Labute approximate surface area is 122 Å². The van der Waals surface area contributed by atoms with Crippen LogP contribution in [0.4, 0.5) is 16.3 Å². The number of carbonyl (C=O) groups excluding carboxylic acids is 1. The van der Waals surface area contributed by atoms with Crippen molar-refractivity contribution in [2.45, 2.75) is 26.3 Å². The third-order valence-corrected chi connectivity index (χ3v) is 2.87. The summed E-state index contributed by atoms with van der Waals surface area (Å²) in [6.07, 6.45) is 1.83. The quantitative estimate of drug-likeness (QED) is 0.881. The highest BCUT2D eigenvalue weighted by atomic mass is 35.5. The summed E-state index contributed by atoms with van der Waals surface area (Å²) in [7, 11) is 0. The second kappa shape index (κ2) is 5.54. The van der Waals surface area contributed by atoms with E-state index in [1.165, 1.54) is 0 Å². The smallest absolute Gasteiger partial charge is 0.308 e. The summed E-state index contributed by atoms with van der Waals surface area (Å²) in [4.78, 5) is 11.8. The van der Waals surface area contributed by atoms with Crippen LogP contribution in [-0.4, -0.2) is 15.8 Å². The van der Waals surface area contributed by atoms with Gasteiger partial charge in [-0.3, -0.25) is 10.00 Å². The van der Waals surface area contributed by atoms with Crippen LogP contribution in [0.15, 0.2) is 36.5 Å². The number of amides is 2. The van der Waals surface area contributed by atoms with Gasteiger partial charge >= 0.3 is 6.03 Å². The lowest BCUT2D eigenvalue weighted by Crippen LogP contribution is -2.23. The van der Waals surface area contributed by atoms with E-state index in [0.29, 0.717) is 16.5 Å². The minimum Gasteiger partial charge on any atom is -0.308 e. The summed E-state index contributed by atoms with van der Waals surface area (Å²) >= 11 is 5.78. The van der Waals surface area contributed by atoms with Gasteiger partial charge in [0.15, 0.2) is 5.82 Å². The fourth-order valence-electron chi connectivity index (χ4n) is 1.58. The number of halogens is 1. The Kier molecular flexibility index (Phi) is 3.99. The van der Waals surface area contributed by atoms with E-state index < -0.39 is 0 Å². The maximum atomic E-state index is 11.8. The molecule has 0 saturated carbocycles. The van der Waals surface area contributed by atoms with E-state index in [1.54, 1.807) is 35.0 Å². The van der Waals surface area contributed by atoms with Crippen LogP contribution in [0.5, 0.6) is 0 Å². The molecule has 0 saturated heterocycles. The monoisotopic (exact) mass is 292 g/mol. The predicted molar refractivity (Wildman–Crippen MR) is 81.3 cm³/mol. The fourth-order valence-corrected chi connectivity index (χ4v) is 1.70. The first-order valence-electron chi connectivity index (χ1n) is 6.24. The third-order valence-electron chi connectivity index (χ3n) is 2.62. The van der Waals surface area contributed by atoms with Crippen molar-refractivity contribution >= 4 is 29.1 Å². The summed E-state index contributed by atoms with van der Waals surface area (Å²) < 4.78 is 1.80. The molecule has 0 aliphatic rings. The molecule has 106 valence electrons. The standard InChI is InChI=1S/C14H17ClN4O/c1-14(2,3)19-9-8-12(18-19)17-13(20)16-11-6-4-10(15)5-7-11/h4-9H,1-3H3,(H2,16,17,18,20). The van der Waals surface area contributed by atoms with Crippen molar-refractivity contribution in [1.82, 2.24) is 9.78 Å². The predicted octanol–water partition coefficient (Wildman–Crippen LogP) is 3.94. The molecule has 2 amide bonds. The Bertz CT molecular complexity index is 598. The van der Waals surface area contributed by atoms with Gasteiger partial charge in [0.25, 0.3) is 0 Å². The third kappa shape index (κ3) is 3.74. The normalized spacial score (nSPS) is 11.2. The Morgan fingerprint density at radius 3 is 2.35 bits per heavy atom. The molecule has 0 aliphatic heterocycles. The van der Waals surface area contributed by atoms with Gasteiger partial charge in [-0.1, -0.05) is 11.6 Å². The number of nitrogens with zero attached hydrogens (tertiary/aromatic N) is 2. The minimum atomic E-state index is -0.341. The summed E-state index contributed by atoms with van der Waals surface area (Å²) in [6, 6.07) is 8.31. The molecule has 2 aromatic rings.